The number of hydrogen-bond donors (Lipinski definition) is 2. The van der Waals surface area contributed by atoms with Crippen molar-refractivity contribution in [2.75, 3.05) is 10.6 Å². The number of aromatic nitrogens is 2. The highest BCUT2D eigenvalue weighted by atomic mass is 32.2. The van der Waals surface area contributed by atoms with Crippen molar-refractivity contribution in [1.29, 1.82) is 0 Å². The van der Waals surface area contributed by atoms with Crippen molar-refractivity contribution in [2.45, 2.75) is 44.1 Å². The van der Waals surface area contributed by atoms with Gasteiger partial charge in [0.25, 0.3) is 5.56 Å². The first kappa shape index (κ1) is 22.8. The number of aryl methyl sites for hydroxylation is 1. The summed E-state index contributed by atoms with van der Waals surface area (Å²) < 4.78 is 1.55. The maximum Gasteiger partial charge on any atom is 0.263 e. The van der Waals surface area contributed by atoms with E-state index in [0.717, 1.165) is 11.3 Å². The predicted octanol–water partition coefficient (Wildman–Crippen LogP) is 4.28. The molecule has 3 rings (SSSR count). The highest BCUT2D eigenvalue weighted by Crippen LogP contribution is 2.27. The van der Waals surface area contributed by atoms with Gasteiger partial charge in [-0.3, -0.25) is 19.0 Å². The maximum absolute atomic E-state index is 13.0. The molecule has 0 radical (unpaired) electrons. The number of fused-ring (bicyclic) bond motifs is 1. The van der Waals surface area contributed by atoms with Gasteiger partial charge in [0, 0.05) is 29.7 Å². The fraction of sp³-hybridized carbons (Fsp3) is 0.273. The van der Waals surface area contributed by atoms with E-state index in [1.54, 1.807) is 41.8 Å². The van der Waals surface area contributed by atoms with Crippen LogP contribution in [0.4, 0.5) is 11.4 Å². The quantitative estimate of drug-likeness (QED) is 0.300. The zero-order valence-corrected chi connectivity index (χ0v) is 19.2. The molecule has 1 atom stereocenters. The van der Waals surface area contributed by atoms with Gasteiger partial charge in [0.2, 0.25) is 11.8 Å². The number of nitrogens with one attached hydrogen (secondary N) is 2. The van der Waals surface area contributed by atoms with E-state index in [1.807, 2.05) is 13.0 Å². The van der Waals surface area contributed by atoms with Crippen LogP contribution >= 0.6 is 23.1 Å². The lowest BCUT2D eigenvalue weighted by molar-refractivity contribution is -0.115. The minimum atomic E-state index is -0.485. The first-order valence-corrected chi connectivity index (χ1v) is 11.5. The molecule has 162 valence electrons. The summed E-state index contributed by atoms with van der Waals surface area (Å²) in [7, 11) is 0. The van der Waals surface area contributed by atoms with Crippen LogP contribution in [0.2, 0.25) is 0 Å². The minimum absolute atomic E-state index is 0.121. The van der Waals surface area contributed by atoms with E-state index in [2.05, 4.69) is 22.2 Å². The van der Waals surface area contributed by atoms with Crippen LogP contribution in [0.5, 0.6) is 0 Å². The first-order valence-electron chi connectivity index (χ1n) is 9.81. The maximum atomic E-state index is 13.0. The highest BCUT2D eigenvalue weighted by Gasteiger charge is 2.20. The van der Waals surface area contributed by atoms with E-state index in [-0.39, 0.29) is 17.4 Å². The highest BCUT2D eigenvalue weighted by molar-refractivity contribution is 8.00. The molecule has 0 aliphatic rings. The van der Waals surface area contributed by atoms with E-state index >= 15 is 0 Å². The van der Waals surface area contributed by atoms with Gasteiger partial charge in [0.1, 0.15) is 4.83 Å². The summed E-state index contributed by atoms with van der Waals surface area (Å²) in [6.45, 7) is 9.30. The molecule has 3 aromatic rings. The van der Waals surface area contributed by atoms with E-state index < -0.39 is 5.25 Å². The fourth-order valence-corrected chi connectivity index (χ4v) is 4.82. The number of hydrogen-bond acceptors (Lipinski definition) is 6. The number of carbonyl (C=O) groups excluding carboxylic acids is 2. The number of thiophene rings is 1. The Labute approximate surface area is 188 Å². The molecule has 0 fully saturated rings. The summed E-state index contributed by atoms with van der Waals surface area (Å²) >= 11 is 2.74. The van der Waals surface area contributed by atoms with Gasteiger partial charge in [-0.1, -0.05) is 24.8 Å². The minimum Gasteiger partial charge on any atom is -0.326 e. The van der Waals surface area contributed by atoms with E-state index in [9.17, 15) is 14.4 Å². The fourth-order valence-electron chi connectivity index (χ4n) is 2.90. The third-order valence-corrected chi connectivity index (χ3v) is 6.71. The van der Waals surface area contributed by atoms with Gasteiger partial charge in [-0.15, -0.1) is 17.9 Å². The molecule has 0 bridgehead atoms. The lowest BCUT2D eigenvalue weighted by Crippen LogP contribution is -2.26. The van der Waals surface area contributed by atoms with Gasteiger partial charge >= 0.3 is 0 Å². The molecular weight excluding hydrogens is 432 g/mol. The van der Waals surface area contributed by atoms with E-state index in [4.69, 9.17) is 0 Å². The normalized spacial score (nSPS) is 11.8. The van der Waals surface area contributed by atoms with Crippen molar-refractivity contribution in [2.24, 2.45) is 0 Å². The number of rotatable bonds is 8. The van der Waals surface area contributed by atoms with Crippen LogP contribution in [0, 0.1) is 0 Å². The van der Waals surface area contributed by atoms with Gasteiger partial charge in [-0.2, -0.15) is 0 Å². The van der Waals surface area contributed by atoms with Crippen LogP contribution in [0.3, 0.4) is 0 Å². The third kappa shape index (κ3) is 5.42. The third-order valence-electron chi connectivity index (χ3n) is 4.45. The average Bonchev–Trinajstić information content (AvgIpc) is 3.15. The molecule has 0 unspecified atom stereocenters. The second-order valence-corrected chi connectivity index (χ2v) is 9.31. The van der Waals surface area contributed by atoms with Crippen molar-refractivity contribution < 1.29 is 9.59 Å². The molecule has 7 nitrogen and oxygen atoms in total. The molecule has 2 aromatic heterocycles. The topological polar surface area (TPSA) is 93.1 Å². The summed E-state index contributed by atoms with van der Waals surface area (Å²) in [6.07, 6.45) is 2.48. The van der Waals surface area contributed by atoms with Gasteiger partial charge in [0.15, 0.2) is 5.16 Å². The Kier molecular flexibility index (Phi) is 7.29. The summed E-state index contributed by atoms with van der Waals surface area (Å²) in [6, 6.07) is 8.76. The average molecular weight is 457 g/mol. The molecule has 0 aliphatic carbocycles. The zero-order chi connectivity index (χ0) is 22.5. The second kappa shape index (κ2) is 9.93. The number of anilines is 2. The summed E-state index contributed by atoms with van der Waals surface area (Å²) in [4.78, 5) is 43.2. The van der Waals surface area contributed by atoms with Crippen LogP contribution in [-0.4, -0.2) is 26.6 Å². The summed E-state index contributed by atoms with van der Waals surface area (Å²) in [5.74, 6) is -0.370. The van der Waals surface area contributed by atoms with Crippen LogP contribution in [0.15, 0.2) is 52.9 Å². The largest absolute Gasteiger partial charge is 0.326 e. The SMILES string of the molecule is C=CCn1c(S[C@@H](C)C(=O)Nc2ccc(NC(C)=O)cc2)nc2sc(CC)cc2c1=O. The molecule has 2 N–H and O–H groups in total. The molecule has 9 heteroatoms. The van der Waals surface area contributed by atoms with Gasteiger partial charge in [-0.25, -0.2) is 4.98 Å². The van der Waals surface area contributed by atoms with Crippen LogP contribution in [0.1, 0.15) is 25.6 Å². The standard InChI is InChI=1S/C22H24N4O3S2/c1-5-11-26-21(29)18-12-17(6-2)31-20(18)25-22(26)30-13(3)19(28)24-16-9-7-15(8-10-16)23-14(4)27/h5,7-10,12-13H,1,6,11H2,2-4H3,(H,23,27)(H,24,28)/t13-/m0/s1. The first-order chi connectivity index (χ1) is 14.8. The number of benzene rings is 1. The Bertz CT molecular complexity index is 1180. The molecule has 31 heavy (non-hydrogen) atoms. The molecule has 0 saturated heterocycles. The summed E-state index contributed by atoms with van der Waals surface area (Å²) in [5, 5.41) is 6.14. The van der Waals surface area contributed by atoms with Crippen molar-refractivity contribution in [3.63, 3.8) is 0 Å². The zero-order valence-electron chi connectivity index (χ0n) is 17.6. The van der Waals surface area contributed by atoms with E-state index in [0.29, 0.717) is 33.3 Å². The molecule has 0 spiro atoms. The Balaban J connectivity index is 1.79. The predicted molar refractivity (Wildman–Crippen MR) is 128 cm³/mol. The number of allylic oxidation sites excluding steroid dienone is 1. The number of nitrogens with zero attached hydrogens (tertiary/aromatic N) is 2. The molecular formula is C22H24N4O3S2. The molecule has 2 amide bonds. The van der Waals surface area contributed by atoms with Crippen molar-refractivity contribution in [3.05, 3.63) is 58.2 Å². The van der Waals surface area contributed by atoms with Crippen molar-refractivity contribution in [1.82, 2.24) is 9.55 Å². The number of amides is 2. The lowest BCUT2D eigenvalue weighted by Gasteiger charge is -2.15. The van der Waals surface area contributed by atoms with Crippen LogP contribution < -0.4 is 16.2 Å². The Morgan fingerprint density at radius 2 is 1.90 bits per heavy atom. The molecule has 2 heterocycles. The van der Waals surface area contributed by atoms with Gasteiger partial charge in [0.05, 0.1) is 10.6 Å². The van der Waals surface area contributed by atoms with Gasteiger partial charge in [-0.05, 0) is 43.7 Å². The molecule has 0 saturated carbocycles. The van der Waals surface area contributed by atoms with Gasteiger partial charge < -0.3 is 10.6 Å². The Morgan fingerprint density at radius 3 is 2.48 bits per heavy atom. The Hall–Kier alpha value is -2.91. The number of carbonyl (C=O) groups is 2. The lowest BCUT2D eigenvalue weighted by atomic mass is 10.2. The molecule has 1 aromatic carbocycles. The van der Waals surface area contributed by atoms with Crippen molar-refractivity contribution >= 4 is 56.5 Å². The van der Waals surface area contributed by atoms with Crippen molar-refractivity contribution in [3.8, 4) is 0 Å². The smallest absolute Gasteiger partial charge is 0.263 e. The van der Waals surface area contributed by atoms with Crippen LogP contribution in [-0.2, 0) is 22.6 Å². The Morgan fingerprint density at radius 1 is 1.26 bits per heavy atom. The summed E-state index contributed by atoms with van der Waals surface area (Å²) in [5.41, 5.74) is 1.15. The van der Waals surface area contributed by atoms with Crippen LogP contribution in [0.25, 0.3) is 10.2 Å². The monoisotopic (exact) mass is 456 g/mol. The second-order valence-electron chi connectivity index (χ2n) is 6.89. The number of thioether (sulfide) groups is 1. The molecule has 0 aliphatic heterocycles. The van der Waals surface area contributed by atoms with E-state index in [1.165, 1.54) is 30.0 Å².